The van der Waals surface area contributed by atoms with Crippen LogP contribution in [0.25, 0.3) is 0 Å². The zero-order chi connectivity index (χ0) is 24.7. The largest absolute Gasteiger partial charge is 0.443 e. The number of amides is 2. The summed E-state index contributed by atoms with van der Waals surface area (Å²) < 4.78 is 26.8. The Morgan fingerprint density at radius 3 is 2.47 bits per heavy atom. The Hall–Kier alpha value is -2.19. The number of carbonyl (C=O) groups is 2. The minimum Gasteiger partial charge on any atom is -0.443 e. The Morgan fingerprint density at radius 1 is 1.21 bits per heavy atom. The van der Waals surface area contributed by atoms with Crippen molar-refractivity contribution in [1.29, 1.82) is 0 Å². The molecular formula is C26H38FN3O4. The number of nitrogens with zero attached hydrogens (tertiary/aromatic N) is 1. The van der Waals surface area contributed by atoms with Gasteiger partial charge in [-0.15, -0.1) is 0 Å². The molecule has 2 amide bonds. The number of hydrogen-bond donors (Lipinski definition) is 2. The van der Waals surface area contributed by atoms with Crippen molar-refractivity contribution in [3.8, 4) is 0 Å². The van der Waals surface area contributed by atoms with Crippen LogP contribution in [0.3, 0.4) is 0 Å². The van der Waals surface area contributed by atoms with Crippen LogP contribution in [0.2, 0.25) is 0 Å². The molecule has 7 nitrogen and oxygen atoms in total. The molecular weight excluding hydrogens is 437 g/mol. The molecule has 1 saturated heterocycles. The molecule has 1 aliphatic carbocycles. The van der Waals surface area contributed by atoms with Crippen molar-refractivity contribution < 1.29 is 23.5 Å². The Kier molecular flexibility index (Phi) is 6.93. The Labute approximate surface area is 201 Å². The van der Waals surface area contributed by atoms with Crippen LogP contribution in [0.15, 0.2) is 12.1 Å². The van der Waals surface area contributed by atoms with Crippen molar-refractivity contribution in [3.63, 3.8) is 0 Å². The topological polar surface area (TPSA) is 93.9 Å². The van der Waals surface area contributed by atoms with E-state index in [1.54, 1.807) is 26.8 Å². The summed E-state index contributed by atoms with van der Waals surface area (Å²) in [5.74, 6) is 0.0372. The van der Waals surface area contributed by atoms with E-state index in [-0.39, 0.29) is 11.8 Å². The summed E-state index contributed by atoms with van der Waals surface area (Å²) in [7, 11) is 0. The van der Waals surface area contributed by atoms with Crippen LogP contribution >= 0.6 is 0 Å². The second-order valence-electron chi connectivity index (χ2n) is 11.3. The van der Waals surface area contributed by atoms with Gasteiger partial charge < -0.3 is 20.5 Å². The molecule has 2 aliphatic heterocycles. The summed E-state index contributed by atoms with van der Waals surface area (Å²) in [6, 6.07) is 2.38. The number of rotatable bonds is 3. The van der Waals surface area contributed by atoms with Crippen LogP contribution in [0.4, 0.5) is 20.6 Å². The number of hydrogen-bond acceptors (Lipinski definition) is 5. The highest BCUT2D eigenvalue weighted by Gasteiger charge is 2.48. The predicted molar refractivity (Wildman–Crippen MR) is 129 cm³/mol. The first-order valence-corrected chi connectivity index (χ1v) is 12.5. The lowest BCUT2D eigenvalue weighted by atomic mass is 9.75. The maximum atomic E-state index is 15.6. The molecule has 1 aromatic rings. The fourth-order valence-corrected chi connectivity index (χ4v) is 5.60. The molecule has 0 bridgehead atoms. The third-order valence-corrected chi connectivity index (χ3v) is 7.55. The van der Waals surface area contributed by atoms with Gasteiger partial charge in [0.05, 0.1) is 11.7 Å². The van der Waals surface area contributed by atoms with E-state index in [0.29, 0.717) is 55.5 Å². The molecule has 4 rings (SSSR count). The van der Waals surface area contributed by atoms with Crippen molar-refractivity contribution >= 4 is 23.4 Å². The van der Waals surface area contributed by atoms with Crippen LogP contribution in [-0.2, 0) is 19.7 Å². The standard InChI is InChI=1S/C26H38FN3O4/c1-16-5-7-17(8-6-16)22(28)23(31)29-18-13-19(27)21-20(14-18)30(24(32)34-25(2,3)4)15-26(21)9-11-33-12-10-26/h13-14,16-17,22H,5-12,15,28H2,1-4H3,(H,29,31)/t16?,17?,22-/m0/s1. The van der Waals surface area contributed by atoms with Gasteiger partial charge in [-0.2, -0.15) is 0 Å². The molecule has 2 heterocycles. The monoisotopic (exact) mass is 475 g/mol. The quantitative estimate of drug-likeness (QED) is 0.660. The van der Waals surface area contributed by atoms with E-state index >= 15 is 4.39 Å². The van der Waals surface area contributed by atoms with Gasteiger partial charge in [0.2, 0.25) is 5.91 Å². The highest BCUT2D eigenvalue weighted by molar-refractivity contribution is 5.97. The van der Waals surface area contributed by atoms with E-state index in [1.165, 1.54) is 11.0 Å². The molecule has 34 heavy (non-hydrogen) atoms. The smallest absolute Gasteiger partial charge is 0.414 e. The van der Waals surface area contributed by atoms with Gasteiger partial charge in [0, 0.05) is 36.4 Å². The van der Waals surface area contributed by atoms with Gasteiger partial charge in [-0.25, -0.2) is 9.18 Å². The average Bonchev–Trinajstić information content (AvgIpc) is 3.07. The molecule has 1 atom stereocenters. The van der Waals surface area contributed by atoms with Crippen LogP contribution in [0.1, 0.15) is 71.8 Å². The zero-order valence-corrected chi connectivity index (χ0v) is 20.8. The fourth-order valence-electron chi connectivity index (χ4n) is 5.60. The number of ether oxygens (including phenoxy) is 2. The number of benzene rings is 1. The van der Waals surface area contributed by atoms with Gasteiger partial charge >= 0.3 is 6.09 Å². The predicted octanol–water partition coefficient (Wildman–Crippen LogP) is 4.72. The van der Waals surface area contributed by atoms with E-state index in [9.17, 15) is 9.59 Å². The molecule has 0 radical (unpaired) electrons. The molecule has 2 fully saturated rings. The SMILES string of the molecule is CC1CCC([C@H](N)C(=O)Nc2cc(F)c3c(c2)N(C(=O)OC(C)(C)C)CC32CCOCC2)CC1. The first-order valence-electron chi connectivity index (χ1n) is 12.5. The van der Waals surface area contributed by atoms with Gasteiger partial charge in [0.25, 0.3) is 0 Å². The van der Waals surface area contributed by atoms with E-state index in [2.05, 4.69) is 12.2 Å². The zero-order valence-electron chi connectivity index (χ0n) is 20.8. The average molecular weight is 476 g/mol. The molecule has 0 unspecified atom stereocenters. The van der Waals surface area contributed by atoms with Crippen molar-refractivity contribution in [2.24, 2.45) is 17.6 Å². The maximum absolute atomic E-state index is 15.6. The maximum Gasteiger partial charge on any atom is 0.414 e. The summed E-state index contributed by atoms with van der Waals surface area (Å²) >= 11 is 0. The fraction of sp³-hybridized carbons (Fsp3) is 0.692. The highest BCUT2D eigenvalue weighted by Crippen LogP contribution is 2.49. The Morgan fingerprint density at radius 2 is 1.85 bits per heavy atom. The molecule has 3 N–H and O–H groups in total. The summed E-state index contributed by atoms with van der Waals surface area (Å²) in [5, 5.41) is 2.81. The molecule has 1 aromatic carbocycles. The number of halogens is 1. The minimum absolute atomic E-state index is 0.124. The lowest BCUT2D eigenvalue weighted by Gasteiger charge is -2.34. The van der Waals surface area contributed by atoms with Gasteiger partial charge in [-0.3, -0.25) is 9.69 Å². The summed E-state index contributed by atoms with van der Waals surface area (Å²) in [4.78, 5) is 27.5. The van der Waals surface area contributed by atoms with Crippen molar-refractivity contribution in [2.75, 3.05) is 30.0 Å². The second kappa shape index (κ2) is 9.46. The van der Waals surface area contributed by atoms with Crippen molar-refractivity contribution in [3.05, 3.63) is 23.5 Å². The Bertz CT molecular complexity index is 931. The molecule has 1 saturated carbocycles. The van der Waals surface area contributed by atoms with Crippen molar-refractivity contribution in [1.82, 2.24) is 0 Å². The van der Waals surface area contributed by atoms with Gasteiger partial charge in [0.1, 0.15) is 11.4 Å². The number of fused-ring (bicyclic) bond motifs is 2. The number of nitrogens with two attached hydrogens (primary N) is 1. The van der Waals surface area contributed by atoms with Crippen LogP contribution in [0, 0.1) is 17.7 Å². The Balaban J connectivity index is 1.60. The van der Waals surface area contributed by atoms with E-state index in [0.717, 1.165) is 25.7 Å². The minimum atomic E-state index is -0.683. The third kappa shape index (κ3) is 5.08. The van der Waals surface area contributed by atoms with Crippen LogP contribution in [0.5, 0.6) is 0 Å². The van der Waals surface area contributed by atoms with E-state index < -0.39 is 29.0 Å². The van der Waals surface area contributed by atoms with Gasteiger partial charge in [-0.1, -0.05) is 19.8 Å². The summed E-state index contributed by atoms with van der Waals surface area (Å²) in [6.45, 7) is 8.97. The first kappa shape index (κ1) is 24.9. The molecule has 8 heteroatoms. The highest BCUT2D eigenvalue weighted by atomic mass is 19.1. The molecule has 3 aliphatic rings. The summed E-state index contributed by atoms with van der Waals surface area (Å²) in [6.07, 6.45) is 4.69. The van der Waals surface area contributed by atoms with E-state index in [4.69, 9.17) is 15.2 Å². The molecule has 188 valence electrons. The number of nitrogens with one attached hydrogen (secondary N) is 1. The van der Waals surface area contributed by atoms with Crippen molar-refractivity contribution in [2.45, 2.75) is 83.3 Å². The van der Waals surface area contributed by atoms with Crippen LogP contribution < -0.4 is 16.0 Å². The molecule has 1 spiro atoms. The lowest BCUT2D eigenvalue weighted by Crippen LogP contribution is -2.43. The number of carbonyl (C=O) groups excluding carboxylic acids is 2. The first-order chi connectivity index (χ1) is 16.0. The van der Waals surface area contributed by atoms with Crippen LogP contribution in [-0.4, -0.2) is 43.4 Å². The third-order valence-electron chi connectivity index (χ3n) is 7.55. The second-order valence-corrected chi connectivity index (χ2v) is 11.3. The molecule has 0 aromatic heterocycles. The van der Waals surface area contributed by atoms with Gasteiger partial charge in [0.15, 0.2) is 0 Å². The number of anilines is 2. The van der Waals surface area contributed by atoms with E-state index in [1.807, 2.05) is 0 Å². The lowest BCUT2D eigenvalue weighted by molar-refractivity contribution is -0.118. The van der Waals surface area contributed by atoms with Gasteiger partial charge in [-0.05, 0) is 70.4 Å². The normalized spacial score (nSPS) is 25.1. The summed E-state index contributed by atoms with van der Waals surface area (Å²) in [5.41, 5.74) is 6.34.